The number of hydrazine groups is 1. The van der Waals surface area contributed by atoms with Crippen molar-refractivity contribution >= 4 is 0 Å². The molecule has 1 saturated heterocycles. The van der Waals surface area contributed by atoms with Gasteiger partial charge in [-0.15, -0.1) is 0 Å². The quantitative estimate of drug-likeness (QED) is 0.100. The molecule has 0 spiro atoms. The number of epoxide rings is 1. The zero-order valence-electron chi connectivity index (χ0n) is 19.5. The summed E-state index contributed by atoms with van der Waals surface area (Å²) in [5.74, 6) is 7.31. The molecule has 1 fully saturated rings. The van der Waals surface area contributed by atoms with Crippen molar-refractivity contribution in [3.05, 3.63) is 0 Å². The van der Waals surface area contributed by atoms with Gasteiger partial charge in [-0.2, -0.15) is 0 Å². The molecule has 2 unspecified atom stereocenters. The number of nitrogens with two attached hydrogens (primary N) is 2. The van der Waals surface area contributed by atoms with Crippen LogP contribution in [0.3, 0.4) is 0 Å². The molecule has 29 heavy (non-hydrogen) atoms. The van der Waals surface area contributed by atoms with E-state index in [4.69, 9.17) is 23.7 Å². The van der Waals surface area contributed by atoms with Crippen molar-refractivity contribution < 1.29 is 23.7 Å². The Bertz CT molecular complexity index is 326. The smallest absolute Gasteiger partial charge is 0.285 e. The summed E-state index contributed by atoms with van der Waals surface area (Å²) >= 11 is 0. The lowest BCUT2D eigenvalue weighted by molar-refractivity contribution is -0.403. The average molecular weight is 421 g/mol. The molecule has 7 heteroatoms. The maximum atomic E-state index is 6.07. The third-order valence-corrected chi connectivity index (χ3v) is 4.99. The van der Waals surface area contributed by atoms with Crippen LogP contribution in [0.2, 0.25) is 0 Å². The third-order valence-electron chi connectivity index (χ3n) is 4.99. The van der Waals surface area contributed by atoms with Gasteiger partial charge in [-0.25, -0.2) is 0 Å². The van der Waals surface area contributed by atoms with E-state index in [0.717, 1.165) is 39.1 Å². The van der Waals surface area contributed by atoms with Crippen LogP contribution in [0.1, 0.15) is 85.5 Å². The largest absolute Gasteiger partial charge is 0.379 e. The first-order chi connectivity index (χ1) is 14.2. The molecule has 2 atom stereocenters. The fourth-order valence-electron chi connectivity index (χ4n) is 3.56. The minimum atomic E-state index is -0.915. The number of unbranched alkanes of at least 4 members (excludes halogenated alkanes) is 5. The Balaban J connectivity index is 0.00000379. The molecule has 1 heterocycles. The predicted molar refractivity (Wildman–Crippen MR) is 117 cm³/mol. The van der Waals surface area contributed by atoms with Crippen LogP contribution >= 0.6 is 0 Å². The second kappa shape index (κ2) is 19.7. The van der Waals surface area contributed by atoms with Crippen LogP contribution < -0.4 is 11.7 Å². The highest BCUT2D eigenvalue weighted by Gasteiger charge is 2.41. The van der Waals surface area contributed by atoms with Gasteiger partial charge in [0.25, 0.3) is 5.97 Å². The molecule has 0 aliphatic carbocycles. The first-order valence-corrected chi connectivity index (χ1v) is 11.7. The lowest BCUT2D eigenvalue weighted by atomic mass is 9.93. The molecular formula is C22H48N2O5. The van der Waals surface area contributed by atoms with Crippen LogP contribution in [-0.2, 0) is 23.7 Å². The van der Waals surface area contributed by atoms with Crippen LogP contribution in [0, 0.1) is 5.92 Å². The Hall–Kier alpha value is -0.280. The van der Waals surface area contributed by atoms with Gasteiger partial charge in [0, 0.05) is 32.3 Å². The van der Waals surface area contributed by atoms with Crippen molar-refractivity contribution in [1.29, 1.82) is 0 Å². The van der Waals surface area contributed by atoms with E-state index in [1.807, 2.05) is 20.8 Å². The molecule has 1 aliphatic heterocycles. The number of rotatable bonds is 20. The molecule has 0 bridgehead atoms. The molecular weight excluding hydrogens is 372 g/mol. The lowest BCUT2D eigenvalue weighted by Crippen LogP contribution is -2.47. The van der Waals surface area contributed by atoms with Gasteiger partial charge in [-0.3, -0.25) is 11.7 Å². The molecule has 0 aromatic heterocycles. The highest BCUT2D eigenvalue weighted by Crippen LogP contribution is 2.34. The normalized spacial score (nSPS) is 17.0. The number of hydrogen-bond acceptors (Lipinski definition) is 7. The fraction of sp³-hybridized carbons (Fsp3) is 1.00. The molecule has 0 radical (unpaired) electrons. The van der Waals surface area contributed by atoms with Gasteiger partial charge in [-0.1, -0.05) is 45.4 Å². The summed E-state index contributed by atoms with van der Waals surface area (Å²) in [4.78, 5) is 0. The molecule has 0 saturated carbocycles. The van der Waals surface area contributed by atoms with Gasteiger partial charge >= 0.3 is 0 Å². The van der Waals surface area contributed by atoms with Crippen molar-refractivity contribution in [2.75, 3.05) is 39.6 Å². The van der Waals surface area contributed by atoms with Gasteiger partial charge < -0.3 is 23.7 Å². The van der Waals surface area contributed by atoms with Crippen molar-refractivity contribution in [2.24, 2.45) is 17.6 Å². The van der Waals surface area contributed by atoms with E-state index >= 15 is 0 Å². The van der Waals surface area contributed by atoms with E-state index < -0.39 is 5.97 Å². The first-order valence-electron chi connectivity index (χ1n) is 11.7. The van der Waals surface area contributed by atoms with E-state index in [9.17, 15) is 0 Å². The van der Waals surface area contributed by atoms with E-state index in [0.29, 0.717) is 25.9 Å². The maximum Gasteiger partial charge on any atom is 0.285 e. The molecule has 4 N–H and O–H groups in total. The third kappa shape index (κ3) is 13.6. The number of hydrogen-bond donors (Lipinski definition) is 2. The van der Waals surface area contributed by atoms with E-state index in [2.05, 4.69) is 18.6 Å². The molecule has 0 aromatic rings. The highest BCUT2D eigenvalue weighted by atomic mass is 16.9. The summed E-state index contributed by atoms with van der Waals surface area (Å²) in [5, 5.41) is 0. The minimum Gasteiger partial charge on any atom is -0.379 e. The Kier molecular flexibility index (Phi) is 19.5. The van der Waals surface area contributed by atoms with Crippen LogP contribution in [0.25, 0.3) is 0 Å². The molecule has 7 nitrogen and oxygen atoms in total. The molecule has 0 amide bonds. The van der Waals surface area contributed by atoms with Crippen molar-refractivity contribution in [1.82, 2.24) is 0 Å². The summed E-state index contributed by atoms with van der Waals surface area (Å²) in [7, 11) is 0. The summed E-state index contributed by atoms with van der Waals surface area (Å²) in [6.45, 7) is 12.4. The fourth-order valence-corrected chi connectivity index (χ4v) is 3.56. The maximum absolute atomic E-state index is 6.07. The summed E-state index contributed by atoms with van der Waals surface area (Å²) in [6, 6.07) is 0. The van der Waals surface area contributed by atoms with Crippen molar-refractivity contribution in [3.63, 3.8) is 0 Å². The predicted octanol–water partition coefficient (Wildman–Crippen LogP) is 4.13. The van der Waals surface area contributed by atoms with Crippen LogP contribution in [0.15, 0.2) is 0 Å². The summed E-state index contributed by atoms with van der Waals surface area (Å²) < 4.78 is 29.1. The Labute approximate surface area is 179 Å². The lowest BCUT2D eigenvalue weighted by Gasteiger charge is -2.39. The first kappa shape index (κ1) is 28.7. The molecule has 176 valence electrons. The van der Waals surface area contributed by atoms with Crippen molar-refractivity contribution in [2.45, 2.75) is 97.6 Å². The zero-order valence-corrected chi connectivity index (χ0v) is 19.5. The highest BCUT2D eigenvalue weighted by molar-refractivity contribution is 4.73. The van der Waals surface area contributed by atoms with Gasteiger partial charge in [0.1, 0.15) is 6.10 Å². The SMILES string of the molecule is CCCCCCCCC(CCCOCC1CO1)C(OCC)(OCC)OCC.NN. The standard InChI is InChI=1S/C22H44O5.H4N2/c1-5-9-10-11-12-13-15-20(16-14-17-23-18-21-19-24-21)22(25-6-2,26-7-3)27-8-4;1-2/h20-21H,5-19H2,1-4H3;1-2H2. The second-order valence-electron chi connectivity index (χ2n) is 7.33. The Morgan fingerprint density at radius 1 is 0.828 bits per heavy atom. The van der Waals surface area contributed by atoms with E-state index in [1.54, 1.807) is 0 Å². The van der Waals surface area contributed by atoms with Crippen LogP contribution in [0.5, 0.6) is 0 Å². The minimum absolute atomic E-state index is 0.226. The Morgan fingerprint density at radius 2 is 1.34 bits per heavy atom. The summed E-state index contributed by atoms with van der Waals surface area (Å²) in [5.41, 5.74) is 0. The topological polar surface area (TPSA) is 101 Å². The number of ether oxygens (including phenoxy) is 5. The van der Waals surface area contributed by atoms with Gasteiger partial charge in [0.15, 0.2) is 0 Å². The van der Waals surface area contributed by atoms with Gasteiger partial charge in [0.2, 0.25) is 0 Å². The average Bonchev–Trinajstić information content (AvgIpc) is 3.55. The van der Waals surface area contributed by atoms with Gasteiger partial charge in [0.05, 0.1) is 13.2 Å². The summed E-state index contributed by atoms with van der Waals surface area (Å²) in [6.07, 6.45) is 11.1. The van der Waals surface area contributed by atoms with Crippen LogP contribution in [-0.4, -0.2) is 51.7 Å². The Morgan fingerprint density at radius 3 is 1.86 bits per heavy atom. The molecule has 0 aromatic carbocycles. The van der Waals surface area contributed by atoms with E-state index in [-0.39, 0.29) is 5.92 Å². The van der Waals surface area contributed by atoms with Gasteiger partial charge in [-0.05, 0) is 40.0 Å². The monoisotopic (exact) mass is 420 g/mol. The van der Waals surface area contributed by atoms with Crippen molar-refractivity contribution in [3.8, 4) is 0 Å². The van der Waals surface area contributed by atoms with E-state index in [1.165, 1.54) is 38.5 Å². The molecule has 1 rings (SSSR count). The van der Waals surface area contributed by atoms with Crippen LogP contribution in [0.4, 0.5) is 0 Å². The second-order valence-corrected chi connectivity index (χ2v) is 7.33. The zero-order chi connectivity index (χ0) is 21.8. The molecule has 1 aliphatic rings.